The van der Waals surface area contributed by atoms with Crippen LogP contribution in [-0.4, -0.2) is 24.6 Å². The zero-order chi connectivity index (χ0) is 18.9. The first kappa shape index (κ1) is 19.4. The highest BCUT2D eigenvalue weighted by Crippen LogP contribution is 2.25. The Morgan fingerprint density at radius 1 is 1.19 bits per heavy atom. The lowest BCUT2D eigenvalue weighted by molar-refractivity contribution is -0.139. The molecule has 0 unspecified atom stereocenters. The summed E-state index contributed by atoms with van der Waals surface area (Å²) >= 11 is 6.16. The van der Waals surface area contributed by atoms with E-state index >= 15 is 0 Å². The molecule has 0 spiro atoms. The third-order valence-corrected chi connectivity index (χ3v) is 3.48. The number of benzene rings is 2. The zero-order valence-electron chi connectivity index (χ0n) is 14.0. The van der Waals surface area contributed by atoms with Crippen molar-refractivity contribution in [3.8, 4) is 5.75 Å². The monoisotopic (exact) mass is 377 g/mol. The Labute approximate surface area is 155 Å². The van der Waals surface area contributed by atoms with Crippen LogP contribution in [-0.2, 0) is 16.2 Å². The molecule has 0 aromatic heterocycles. The number of ether oxygens (including phenoxy) is 1. The molecule has 8 heteroatoms. The van der Waals surface area contributed by atoms with Crippen molar-refractivity contribution in [2.45, 2.75) is 13.5 Å². The van der Waals surface area contributed by atoms with Gasteiger partial charge in [-0.1, -0.05) is 23.7 Å². The van der Waals surface area contributed by atoms with Crippen LogP contribution in [0.15, 0.2) is 47.6 Å². The van der Waals surface area contributed by atoms with Gasteiger partial charge >= 0.3 is 11.8 Å². The summed E-state index contributed by atoms with van der Waals surface area (Å²) in [5.41, 5.74) is 3.53. The predicted molar refractivity (Wildman–Crippen MR) is 96.6 cm³/mol. The van der Waals surface area contributed by atoms with Crippen molar-refractivity contribution < 1.29 is 18.7 Å². The Kier molecular flexibility index (Phi) is 7.11. The smallest absolute Gasteiger partial charge is 0.329 e. The number of carbonyl (C=O) groups is 2. The maximum atomic E-state index is 12.9. The number of hydrogen-bond acceptors (Lipinski definition) is 4. The molecule has 26 heavy (non-hydrogen) atoms. The highest BCUT2D eigenvalue weighted by atomic mass is 35.5. The lowest BCUT2D eigenvalue weighted by Gasteiger charge is -2.08. The van der Waals surface area contributed by atoms with Crippen molar-refractivity contribution in [1.82, 2.24) is 10.7 Å². The molecule has 0 aliphatic rings. The lowest BCUT2D eigenvalue weighted by Crippen LogP contribution is -2.37. The van der Waals surface area contributed by atoms with Gasteiger partial charge in [0.15, 0.2) is 0 Å². The molecule has 0 saturated heterocycles. The van der Waals surface area contributed by atoms with E-state index in [1.165, 1.54) is 18.3 Å². The first-order valence-electron chi connectivity index (χ1n) is 7.77. The van der Waals surface area contributed by atoms with Gasteiger partial charge in [-0.25, -0.2) is 9.82 Å². The molecule has 0 bridgehead atoms. The van der Waals surface area contributed by atoms with Crippen LogP contribution in [0.25, 0.3) is 0 Å². The largest absolute Gasteiger partial charge is 0.487 e. The lowest BCUT2D eigenvalue weighted by atomic mass is 10.2. The van der Waals surface area contributed by atoms with Crippen LogP contribution >= 0.6 is 11.6 Å². The van der Waals surface area contributed by atoms with Gasteiger partial charge in [-0.15, -0.1) is 0 Å². The molecule has 0 aliphatic heterocycles. The predicted octanol–water partition coefficient (Wildman–Crippen LogP) is 2.64. The van der Waals surface area contributed by atoms with E-state index in [1.54, 1.807) is 37.3 Å². The first-order chi connectivity index (χ1) is 12.5. The van der Waals surface area contributed by atoms with E-state index in [0.29, 0.717) is 22.9 Å². The molecule has 0 saturated carbocycles. The van der Waals surface area contributed by atoms with Gasteiger partial charge in [0.05, 0.1) is 11.2 Å². The number of halogens is 2. The van der Waals surface area contributed by atoms with Gasteiger partial charge in [0.25, 0.3) is 0 Å². The molecule has 0 heterocycles. The zero-order valence-corrected chi connectivity index (χ0v) is 14.7. The molecule has 0 aliphatic carbocycles. The number of nitrogens with zero attached hydrogens (tertiary/aromatic N) is 1. The number of hydrogen-bond donors (Lipinski definition) is 2. The first-order valence-corrected chi connectivity index (χ1v) is 8.15. The SMILES string of the molecule is CCNC(=O)C(=O)N/N=C\c1ccc(OCc2ccc(F)cc2)c(Cl)c1. The van der Waals surface area contributed by atoms with Gasteiger partial charge in [-0.3, -0.25) is 9.59 Å². The van der Waals surface area contributed by atoms with E-state index in [9.17, 15) is 14.0 Å². The second-order valence-corrected chi connectivity index (χ2v) is 5.57. The average Bonchev–Trinajstić information content (AvgIpc) is 2.62. The van der Waals surface area contributed by atoms with Gasteiger partial charge in [-0.05, 0) is 48.4 Å². The molecule has 136 valence electrons. The minimum atomic E-state index is -0.853. The molecule has 0 atom stereocenters. The summed E-state index contributed by atoms with van der Waals surface area (Å²) in [7, 11) is 0. The van der Waals surface area contributed by atoms with E-state index in [-0.39, 0.29) is 12.4 Å². The van der Waals surface area contributed by atoms with Gasteiger partial charge < -0.3 is 10.1 Å². The third-order valence-electron chi connectivity index (χ3n) is 3.19. The Bertz CT molecular complexity index is 810. The van der Waals surface area contributed by atoms with E-state index in [0.717, 1.165) is 5.56 Å². The van der Waals surface area contributed by atoms with Gasteiger partial charge in [0, 0.05) is 6.54 Å². The van der Waals surface area contributed by atoms with Crippen LogP contribution in [0, 0.1) is 5.82 Å². The summed E-state index contributed by atoms with van der Waals surface area (Å²) in [5, 5.41) is 6.41. The summed E-state index contributed by atoms with van der Waals surface area (Å²) in [5.74, 6) is -1.46. The molecule has 2 aromatic rings. The molecule has 0 radical (unpaired) electrons. The Morgan fingerprint density at radius 2 is 1.92 bits per heavy atom. The van der Waals surface area contributed by atoms with Gasteiger partial charge in [-0.2, -0.15) is 5.10 Å². The van der Waals surface area contributed by atoms with E-state index < -0.39 is 11.8 Å². The van der Waals surface area contributed by atoms with Crippen molar-refractivity contribution in [3.63, 3.8) is 0 Å². The van der Waals surface area contributed by atoms with Crippen LogP contribution in [0.1, 0.15) is 18.1 Å². The number of rotatable bonds is 6. The van der Waals surface area contributed by atoms with E-state index in [1.807, 2.05) is 0 Å². The van der Waals surface area contributed by atoms with Crippen molar-refractivity contribution in [3.05, 3.63) is 64.4 Å². The summed E-state index contributed by atoms with van der Waals surface area (Å²) in [4.78, 5) is 22.6. The minimum absolute atomic E-state index is 0.246. The highest BCUT2D eigenvalue weighted by molar-refractivity contribution is 6.35. The molecule has 2 rings (SSSR count). The second-order valence-electron chi connectivity index (χ2n) is 5.16. The van der Waals surface area contributed by atoms with Crippen LogP contribution < -0.4 is 15.5 Å². The summed E-state index contributed by atoms with van der Waals surface area (Å²) in [6, 6.07) is 10.9. The standard InChI is InChI=1S/C18H17ClFN3O3/c1-2-21-17(24)18(25)23-22-10-13-5-8-16(15(19)9-13)26-11-12-3-6-14(20)7-4-12/h3-10H,2,11H2,1H3,(H,21,24)(H,23,25)/b22-10-. The normalized spacial score (nSPS) is 10.6. The number of nitrogens with one attached hydrogen (secondary N) is 2. The fraction of sp³-hybridized carbons (Fsp3) is 0.167. The van der Waals surface area contributed by atoms with Crippen molar-refractivity contribution in [1.29, 1.82) is 0 Å². The summed E-state index contributed by atoms with van der Waals surface area (Å²) in [6.07, 6.45) is 1.35. The van der Waals surface area contributed by atoms with Crippen molar-refractivity contribution in [2.24, 2.45) is 5.10 Å². The summed E-state index contributed by atoms with van der Waals surface area (Å²) in [6.45, 7) is 2.30. The van der Waals surface area contributed by atoms with Crippen LogP contribution in [0.5, 0.6) is 5.75 Å². The van der Waals surface area contributed by atoms with Crippen molar-refractivity contribution >= 4 is 29.6 Å². The molecule has 6 nitrogen and oxygen atoms in total. The Balaban J connectivity index is 1.91. The van der Waals surface area contributed by atoms with Gasteiger partial charge in [0.1, 0.15) is 18.2 Å². The van der Waals surface area contributed by atoms with Gasteiger partial charge in [0.2, 0.25) is 0 Å². The van der Waals surface area contributed by atoms with E-state index in [2.05, 4.69) is 15.8 Å². The fourth-order valence-electron chi connectivity index (χ4n) is 1.91. The third kappa shape index (κ3) is 5.86. The number of amides is 2. The molecular weight excluding hydrogens is 361 g/mol. The molecular formula is C18H17ClFN3O3. The van der Waals surface area contributed by atoms with Crippen molar-refractivity contribution in [2.75, 3.05) is 6.54 Å². The summed E-state index contributed by atoms with van der Waals surface area (Å²) < 4.78 is 18.5. The van der Waals surface area contributed by atoms with Crippen LogP contribution in [0.2, 0.25) is 5.02 Å². The second kappa shape index (κ2) is 9.53. The maximum absolute atomic E-state index is 12.9. The van der Waals surface area contributed by atoms with E-state index in [4.69, 9.17) is 16.3 Å². The number of carbonyl (C=O) groups excluding carboxylic acids is 2. The van der Waals surface area contributed by atoms with Crippen LogP contribution in [0.3, 0.4) is 0 Å². The minimum Gasteiger partial charge on any atom is -0.487 e. The average molecular weight is 378 g/mol. The fourth-order valence-corrected chi connectivity index (χ4v) is 2.16. The Morgan fingerprint density at radius 3 is 2.58 bits per heavy atom. The highest BCUT2D eigenvalue weighted by Gasteiger charge is 2.10. The molecule has 2 amide bonds. The number of hydrazone groups is 1. The Hall–Kier alpha value is -2.93. The van der Waals surface area contributed by atoms with Crippen LogP contribution in [0.4, 0.5) is 4.39 Å². The maximum Gasteiger partial charge on any atom is 0.329 e. The number of likely N-dealkylation sites (N-methyl/N-ethyl adjacent to an activating group) is 1. The quantitative estimate of drug-likeness (QED) is 0.461. The topological polar surface area (TPSA) is 79.8 Å². The molecule has 0 fully saturated rings. The molecule has 2 N–H and O–H groups in total. The molecule has 2 aromatic carbocycles.